The van der Waals surface area contributed by atoms with Gasteiger partial charge in [0.05, 0.1) is 7.11 Å². The van der Waals surface area contributed by atoms with Gasteiger partial charge in [-0.05, 0) is 31.2 Å². The monoisotopic (exact) mass is 307 g/mol. The molecule has 122 valence electrons. The van der Waals surface area contributed by atoms with Crippen LogP contribution < -0.4 is 10.1 Å². The van der Waals surface area contributed by atoms with Gasteiger partial charge in [0.25, 0.3) is 0 Å². The molecule has 2 amide bonds. The first kappa shape index (κ1) is 16.6. The third kappa shape index (κ3) is 4.35. The van der Waals surface area contributed by atoms with Crippen molar-refractivity contribution in [2.24, 2.45) is 0 Å². The zero-order valence-corrected chi connectivity index (χ0v) is 13.3. The summed E-state index contributed by atoms with van der Waals surface area (Å²) in [4.78, 5) is 16.3. The maximum absolute atomic E-state index is 12.3. The van der Waals surface area contributed by atoms with Crippen LogP contribution in [0.1, 0.15) is 12.0 Å². The van der Waals surface area contributed by atoms with Crippen LogP contribution in [0.4, 0.5) is 4.79 Å². The first-order chi connectivity index (χ1) is 10.6. The van der Waals surface area contributed by atoms with Gasteiger partial charge in [-0.15, -0.1) is 0 Å². The van der Waals surface area contributed by atoms with Gasteiger partial charge in [-0.25, -0.2) is 4.79 Å². The number of hydrogen-bond acceptors (Lipinski definition) is 4. The van der Waals surface area contributed by atoms with E-state index < -0.39 is 0 Å². The topological polar surface area (TPSA) is 65.0 Å². The molecule has 0 unspecified atom stereocenters. The highest BCUT2D eigenvalue weighted by Gasteiger charge is 2.26. The molecule has 2 N–H and O–H groups in total. The quantitative estimate of drug-likeness (QED) is 0.848. The summed E-state index contributed by atoms with van der Waals surface area (Å²) in [5, 5.41) is 12.0. The highest BCUT2D eigenvalue weighted by molar-refractivity contribution is 5.74. The van der Waals surface area contributed by atoms with Crippen molar-refractivity contribution in [1.29, 1.82) is 0 Å². The number of carbonyl (C=O) groups excluding carboxylic acids is 1. The fourth-order valence-corrected chi connectivity index (χ4v) is 2.62. The van der Waals surface area contributed by atoms with Crippen molar-refractivity contribution in [2.75, 3.05) is 40.4 Å². The molecule has 1 aromatic carbocycles. The average Bonchev–Trinajstić information content (AvgIpc) is 2.55. The number of piperazine rings is 1. The van der Waals surface area contributed by atoms with Gasteiger partial charge >= 0.3 is 6.03 Å². The summed E-state index contributed by atoms with van der Waals surface area (Å²) >= 11 is 0. The molecule has 6 heteroatoms. The van der Waals surface area contributed by atoms with E-state index in [1.165, 1.54) is 0 Å². The number of urea groups is 1. The van der Waals surface area contributed by atoms with E-state index in [4.69, 9.17) is 9.84 Å². The number of rotatable bonds is 5. The number of ether oxygens (including phenoxy) is 1. The van der Waals surface area contributed by atoms with Crippen LogP contribution in [0.15, 0.2) is 24.3 Å². The van der Waals surface area contributed by atoms with Crippen LogP contribution in [0.2, 0.25) is 0 Å². The first-order valence-electron chi connectivity index (χ1n) is 7.61. The summed E-state index contributed by atoms with van der Waals surface area (Å²) in [6, 6.07) is 7.83. The number of methoxy groups -OCH3 is 1. The maximum Gasteiger partial charge on any atom is 0.317 e. The number of likely N-dealkylation sites (N-methyl/N-ethyl adjacent to an activating group) is 1. The van der Waals surface area contributed by atoms with Crippen LogP contribution >= 0.6 is 0 Å². The second-order valence-electron chi connectivity index (χ2n) is 5.60. The molecule has 2 rings (SSSR count). The van der Waals surface area contributed by atoms with E-state index in [9.17, 15) is 4.79 Å². The number of hydrogen-bond donors (Lipinski definition) is 2. The molecule has 1 aromatic rings. The molecule has 0 aliphatic carbocycles. The molecule has 6 nitrogen and oxygen atoms in total. The highest BCUT2D eigenvalue weighted by atomic mass is 16.5. The molecule has 0 radical (unpaired) electrons. The van der Waals surface area contributed by atoms with Crippen LogP contribution in [0.3, 0.4) is 0 Å². The minimum absolute atomic E-state index is 0.0492. The molecular formula is C16H25N3O3. The van der Waals surface area contributed by atoms with Crippen molar-refractivity contribution in [3.63, 3.8) is 0 Å². The summed E-state index contributed by atoms with van der Waals surface area (Å²) in [6.45, 7) is 2.86. The Morgan fingerprint density at radius 2 is 2.09 bits per heavy atom. The lowest BCUT2D eigenvalue weighted by Crippen LogP contribution is -2.55. The molecule has 0 aromatic heterocycles. The zero-order chi connectivity index (χ0) is 15.9. The molecular weight excluding hydrogens is 282 g/mol. The molecule has 22 heavy (non-hydrogen) atoms. The second kappa shape index (κ2) is 8.00. The number of benzene rings is 1. The molecule has 0 spiro atoms. The van der Waals surface area contributed by atoms with E-state index in [0.29, 0.717) is 26.1 Å². The number of aliphatic hydroxyl groups is 1. The van der Waals surface area contributed by atoms with E-state index >= 15 is 0 Å². The van der Waals surface area contributed by atoms with Crippen LogP contribution in [0.5, 0.6) is 5.75 Å². The molecule has 1 fully saturated rings. The molecule has 1 atom stereocenters. The Hall–Kier alpha value is -1.79. The van der Waals surface area contributed by atoms with Crippen molar-refractivity contribution in [1.82, 2.24) is 15.1 Å². The summed E-state index contributed by atoms with van der Waals surface area (Å²) in [7, 11) is 3.67. The van der Waals surface area contributed by atoms with Gasteiger partial charge in [-0.2, -0.15) is 0 Å². The number of carbonyl (C=O) groups is 1. The number of nitrogens with zero attached hydrogens (tertiary/aromatic N) is 2. The Balaban J connectivity index is 1.83. The Bertz CT molecular complexity index is 478. The van der Waals surface area contributed by atoms with Crippen molar-refractivity contribution in [3.05, 3.63) is 29.8 Å². The minimum atomic E-state index is -0.0492. The van der Waals surface area contributed by atoms with E-state index in [2.05, 4.69) is 10.2 Å². The van der Waals surface area contributed by atoms with Crippen molar-refractivity contribution < 1.29 is 14.6 Å². The van der Waals surface area contributed by atoms with E-state index in [-0.39, 0.29) is 18.7 Å². The van der Waals surface area contributed by atoms with Crippen molar-refractivity contribution in [2.45, 2.75) is 19.0 Å². The molecule has 1 saturated heterocycles. The van der Waals surface area contributed by atoms with Crippen molar-refractivity contribution >= 4 is 6.03 Å². The SMILES string of the molecule is COc1ccc(CNC(=O)N2CCN(C)[C@H](CCO)C2)cc1. The normalized spacial score (nSPS) is 19.0. The maximum atomic E-state index is 12.3. The van der Waals surface area contributed by atoms with Crippen LogP contribution in [-0.2, 0) is 6.54 Å². The number of nitrogens with one attached hydrogen (secondary N) is 1. The van der Waals surface area contributed by atoms with Gasteiger partial charge in [-0.3, -0.25) is 4.90 Å². The van der Waals surface area contributed by atoms with E-state index in [1.807, 2.05) is 36.2 Å². The summed E-state index contributed by atoms with van der Waals surface area (Å²) < 4.78 is 5.11. The lowest BCUT2D eigenvalue weighted by Gasteiger charge is -2.39. The fourth-order valence-electron chi connectivity index (χ4n) is 2.62. The first-order valence-corrected chi connectivity index (χ1v) is 7.61. The smallest absolute Gasteiger partial charge is 0.317 e. The lowest BCUT2D eigenvalue weighted by atomic mass is 10.1. The predicted molar refractivity (Wildman–Crippen MR) is 84.9 cm³/mol. The highest BCUT2D eigenvalue weighted by Crippen LogP contribution is 2.13. The van der Waals surface area contributed by atoms with E-state index in [1.54, 1.807) is 7.11 Å². The Morgan fingerprint density at radius 1 is 1.36 bits per heavy atom. The van der Waals surface area contributed by atoms with Crippen molar-refractivity contribution in [3.8, 4) is 5.75 Å². The number of amides is 2. The Labute approximate surface area is 131 Å². The van der Waals surface area contributed by atoms with Gasteiger partial charge in [-0.1, -0.05) is 12.1 Å². The third-order valence-electron chi connectivity index (χ3n) is 4.13. The largest absolute Gasteiger partial charge is 0.497 e. The molecule has 0 bridgehead atoms. The zero-order valence-electron chi connectivity index (χ0n) is 13.3. The molecule has 1 aliphatic heterocycles. The summed E-state index contributed by atoms with van der Waals surface area (Å²) in [5.41, 5.74) is 1.04. The van der Waals surface area contributed by atoms with Gasteiger partial charge in [0, 0.05) is 38.8 Å². The van der Waals surface area contributed by atoms with E-state index in [0.717, 1.165) is 17.9 Å². The lowest BCUT2D eigenvalue weighted by molar-refractivity contribution is 0.0926. The molecule has 1 aliphatic rings. The Kier molecular flexibility index (Phi) is 6.03. The van der Waals surface area contributed by atoms with Crippen LogP contribution in [0.25, 0.3) is 0 Å². The van der Waals surface area contributed by atoms with Gasteiger partial charge in [0.2, 0.25) is 0 Å². The van der Waals surface area contributed by atoms with Gasteiger partial charge in [0.1, 0.15) is 5.75 Å². The fraction of sp³-hybridized carbons (Fsp3) is 0.562. The number of aliphatic hydroxyl groups excluding tert-OH is 1. The summed E-state index contributed by atoms with van der Waals surface area (Å²) in [6.07, 6.45) is 0.693. The average molecular weight is 307 g/mol. The third-order valence-corrected chi connectivity index (χ3v) is 4.13. The predicted octanol–water partition coefficient (Wildman–Crippen LogP) is 0.903. The van der Waals surface area contributed by atoms with Crippen LogP contribution in [-0.4, -0.2) is 67.4 Å². The molecule has 1 heterocycles. The Morgan fingerprint density at radius 3 is 2.73 bits per heavy atom. The standard InChI is InChI=1S/C16H25N3O3/c1-18-8-9-19(12-14(18)7-10-20)16(21)17-11-13-3-5-15(22-2)6-4-13/h3-6,14,20H,7-12H2,1-2H3,(H,17,21)/t14-/m1/s1. The van der Waals surface area contributed by atoms with Gasteiger partial charge < -0.3 is 20.1 Å². The molecule has 0 saturated carbocycles. The minimum Gasteiger partial charge on any atom is -0.497 e. The second-order valence-corrected chi connectivity index (χ2v) is 5.60. The van der Waals surface area contributed by atoms with Crippen LogP contribution in [0, 0.1) is 0 Å². The summed E-state index contributed by atoms with van der Waals surface area (Å²) in [5.74, 6) is 0.806. The van der Waals surface area contributed by atoms with Gasteiger partial charge in [0.15, 0.2) is 0 Å².